The summed E-state index contributed by atoms with van der Waals surface area (Å²) < 4.78 is 0. The van der Waals surface area contributed by atoms with Crippen LogP contribution in [0.2, 0.25) is 0 Å². The lowest BCUT2D eigenvalue weighted by atomic mass is 10.2. The van der Waals surface area contributed by atoms with Gasteiger partial charge in [-0.3, -0.25) is 0 Å². The second kappa shape index (κ2) is 5.26. The molecule has 0 aliphatic heterocycles. The van der Waals surface area contributed by atoms with Crippen molar-refractivity contribution in [2.24, 2.45) is 0 Å². The Balaban J connectivity index is 3.36. The number of hydrogen-bond donors (Lipinski definition) is 0. The summed E-state index contributed by atoms with van der Waals surface area (Å²) in [6, 6.07) is 8.77. The Morgan fingerprint density at radius 3 is 1.47 bits per heavy atom. The van der Waals surface area contributed by atoms with E-state index in [9.17, 15) is 0 Å². The van der Waals surface area contributed by atoms with Crippen molar-refractivity contribution >= 4 is 28.8 Å². The quantitative estimate of drug-likeness (QED) is 0.683. The first-order valence-electron chi connectivity index (χ1n) is 6.78. The van der Waals surface area contributed by atoms with Gasteiger partial charge < -0.3 is 4.90 Å². The lowest BCUT2D eigenvalue weighted by Crippen LogP contribution is -2.36. The third-order valence-electron chi connectivity index (χ3n) is 3.57. The van der Waals surface area contributed by atoms with E-state index in [-0.39, 0.29) is 10.3 Å². The Labute approximate surface area is 124 Å². The smallest absolute Gasteiger partial charge is 0.156 e. The van der Waals surface area contributed by atoms with Gasteiger partial charge in [0.15, 0.2) is 6.62 Å². The first-order chi connectivity index (χ1) is 8.41. The van der Waals surface area contributed by atoms with Crippen molar-refractivity contribution in [1.82, 2.24) is 0 Å². The molecular formula is C16H28ClNP+. The van der Waals surface area contributed by atoms with Crippen LogP contribution >= 0.6 is 17.9 Å². The van der Waals surface area contributed by atoms with Crippen molar-refractivity contribution in [1.29, 1.82) is 0 Å². The van der Waals surface area contributed by atoms with E-state index in [0.717, 1.165) is 0 Å². The molecule has 0 radical (unpaired) electrons. The molecule has 0 fully saturated rings. The second-order valence-corrected chi connectivity index (χ2v) is 13.2. The van der Waals surface area contributed by atoms with Crippen molar-refractivity contribution in [3.8, 4) is 0 Å². The summed E-state index contributed by atoms with van der Waals surface area (Å²) in [4.78, 5) is 2.12. The van der Waals surface area contributed by atoms with E-state index in [0.29, 0.717) is 0 Å². The lowest BCUT2D eigenvalue weighted by Gasteiger charge is -2.40. The van der Waals surface area contributed by atoms with Gasteiger partial charge in [-0.15, -0.1) is 0 Å². The molecule has 0 aliphatic carbocycles. The fourth-order valence-corrected chi connectivity index (χ4v) is 7.20. The normalized spacial score (nSPS) is 13.5. The van der Waals surface area contributed by atoms with E-state index < -0.39 is 6.62 Å². The number of rotatable bonds is 2. The Hall–Kier alpha value is -0.260. The van der Waals surface area contributed by atoms with Crippen LogP contribution in [-0.4, -0.2) is 24.4 Å². The van der Waals surface area contributed by atoms with E-state index in [2.05, 4.69) is 84.8 Å². The highest BCUT2D eigenvalue weighted by Crippen LogP contribution is 2.79. The van der Waals surface area contributed by atoms with Gasteiger partial charge in [-0.2, -0.15) is 0 Å². The van der Waals surface area contributed by atoms with E-state index in [1.807, 2.05) is 0 Å². The molecular weight excluding hydrogens is 273 g/mol. The zero-order valence-corrected chi connectivity index (χ0v) is 15.2. The Morgan fingerprint density at radius 1 is 0.842 bits per heavy atom. The molecule has 0 heterocycles. The SMILES string of the molecule is CN(C)c1ccc([P+](Cl)(C(C)(C)C)C(C)(C)C)cc1. The molecule has 108 valence electrons. The molecule has 0 saturated carbocycles. The number of benzene rings is 1. The summed E-state index contributed by atoms with van der Waals surface area (Å²) in [6.45, 7) is 11.8. The largest absolute Gasteiger partial charge is 0.378 e. The number of hydrogen-bond acceptors (Lipinski definition) is 1. The number of halogens is 1. The van der Waals surface area contributed by atoms with Crippen molar-refractivity contribution < 1.29 is 0 Å². The van der Waals surface area contributed by atoms with Crippen molar-refractivity contribution in [3.05, 3.63) is 24.3 Å². The molecule has 0 spiro atoms. The van der Waals surface area contributed by atoms with Gasteiger partial charge in [0.2, 0.25) is 0 Å². The molecule has 0 saturated heterocycles. The van der Waals surface area contributed by atoms with Gasteiger partial charge in [0.25, 0.3) is 0 Å². The minimum Gasteiger partial charge on any atom is -0.378 e. The minimum atomic E-state index is -1.79. The predicted octanol–water partition coefficient (Wildman–Crippen LogP) is 5.15. The standard InChI is InChI=1S/C16H28ClNP/c1-15(2,3)19(17,16(4,5)6)14-11-9-13(10-12-14)18(7)8/h9-12H,1-8H3/q+1. The fraction of sp³-hybridized carbons (Fsp3) is 0.625. The molecule has 0 atom stereocenters. The molecule has 3 heteroatoms. The first kappa shape index (κ1) is 16.8. The van der Waals surface area contributed by atoms with E-state index in [4.69, 9.17) is 11.2 Å². The topological polar surface area (TPSA) is 3.24 Å². The summed E-state index contributed by atoms with van der Waals surface area (Å²) in [5.74, 6) is 0. The summed E-state index contributed by atoms with van der Waals surface area (Å²) in [5.41, 5.74) is 1.22. The maximum absolute atomic E-state index is 7.25. The highest BCUT2D eigenvalue weighted by molar-refractivity contribution is 8.06. The molecule has 0 unspecified atom stereocenters. The predicted molar refractivity (Wildman–Crippen MR) is 92.7 cm³/mol. The summed E-state index contributed by atoms with van der Waals surface area (Å²) in [7, 11) is 4.12. The van der Waals surface area contributed by atoms with Gasteiger partial charge in [-0.25, -0.2) is 0 Å². The highest BCUT2D eigenvalue weighted by Gasteiger charge is 2.59. The Kier molecular flexibility index (Phi) is 4.65. The van der Waals surface area contributed by atoms with Crippen LogP contribution in [0.25, 0.3) is 0 Å². The average molecular weight is 301 g/mol. The molecule has 19 heavy (non-hydrogen) atoms. The van der Waals surface area contributed by atoms with Crippen LogP contribution in [0.15, 0.2) is 24.3 Å². The van der Waals surface area contributed by atoms with Crippen LogP contribution in [0.4, 0.5) is 5.69 Å². The molecule has 1 nitrogen and oxygen atoms in total. The van der Waals surface area contributed by atoms with E-state index in [1.54, 1.807) is 0 Å². The molecule has 1 aromatic rings. The average Bonchev–Trinajstić information content (AvgIpc) is 2.25. The van der Waals surface area contributed by atoms with Crippen LogP contribution in [0.1, 0.15) is 41.5 Å². The van der Waals surface area contributed by atoms with E-state index >= 15 is 0 Å². The molecule has 0 N–H and O–H groups in total. The monoisotopic (exact) mass is 300 g/mol. The molecule has 1 aromatic carbocycles. The zero-order valence-electron chi connectivity index (χ0n) is 13.6. The third kappa shape index (κ3) is 3.09. The zero-order chi connectivity index (χ0) is 15.1. The van der Waals surface area contributed by atoms with E-state index in [1.165, 1.54) is 11.0 Å². The Morgan fingerprint density at radius 2 is 1.21 bits per heavy atom. The second-order valence-electron chi connectivity index (χ2n) is 7.34. The number of nitrogens with zero attached hydrogens (tertiary/aromatic N) is 1. The van der Waals surface area contributed by atoms with Crippen molar-refractivity contribution in [2.45, 2.75) is 51.9 Å². The summed E-state index contributed by atoms with van der Waals surface area (Å²) in [5, 5.41) is 1.48. The van der Waals surface area contributed by atoms with Gasteiger partial charge in [-0.05, 0) is 65.8 Å². The first-order valence-corrected chi connectivity index (χ1v) is 9.47. The molecule has 1 rings (SSSR count). The van der Waals surface area contributed by atoms with Gasteiger partial charge in [0, 0.05) is 19.8 Å². The lowest BCUT2D eigenvalue weighted by molar-refractivity contribution is 0.709. The van der Waals surface area contributed by atoms with Crippen LogP contribution in [0.5, 0.6) is 0 Å². The van der Waals surface area contributed by atoms with Crippen molar-refractivity contribution in [2.75, 3.05) is 19.0 Å². The molecule has 0 amide bonds. The van der Waals surface area contributed by atoms with Crippen LogP contribution < -0.4 is 10.2 Å². The van der Waals surface area contributed by atoms with Gasteiger partial charge >= 0.3 is 0 Å². The van der Waals surface area contributed by atoms with Gasteiger partial charge in [0.05, 0.1) is 21.6 Å². The van der Waals surface area contributed by atoms with Crippen LogP contribution in [-0.2, 0) is 0 Å². The Bertz CT molecular complexity index is 410. The van der Waals surface area contributed by atoms with Gasteiger partial charge in [-0.1, -0.05) is 0 Å². The highest BCUT2D eigenvalue weighted by atomic mass is 35.7. The number of anilines is 1. The maximum atomic E-state index is 7.25. The molecule has 0 aliphatic rings. The summed E-state index contributed by atoms with van der Waals surface area (Å²) >= 11 is 7.25. The third-order valence-corrected chi connectivity index (χ3v) is 11.9. The van der Waals surface area contributed by atoms with Crippen LogP contribution in [0, 0.1) is 0 Å². The van der Waals surface area contributed by atoms with Gasteiger partial charge in [0.1, 0.15) is 5.30 Å². The minimum absolute atomic E-state index is 0.0897. The maximum Gasteiger partial charge on any atom is 0.156 e. The molecule has 0 bridgehead atoms. The molecule has 0 aromatic heterocycles. The fourth-order valence-electron chi connectivity index (χ4n) is 2.74. The van der Waals surface area contributed by atoms with Crippen molar-refractivity contribution in [3.63, 3.8) is 0 Å². The van der Waals surface area contributed by atoms with Crippen LogP contribution in [0.3, 0.4) is 0 Å². The summed E-state index contributed by atoms with van der Waals surface area (Å²) in [6.07, 6.45) is 0.